The lowest BCUT2D eigenvalue weighted by molar-refractivity contribution is -0.140. The summed E-state index contributed by atoms with van der Waals surface area (Å²) < 4.78 is 0. The second kappa shape index (κ2) is 8.57. The molecule has 1 aliphatic heterocycles. The lowest BCUT2D eigenvalue weighted by Crippen LogP contribution is -2.35. The summed E-state index contributed by atoms with van der Waals surface area (Å²) in [7, 11) is 3.77. The van der Waals surface area contributed by atoms with E-state index in [1.165, 1.54) is 4.90 Å². The van der Waals surface area contributed by atoms with Crippen LogP contribution in [0, 0.1) is 6.92 Å². The van der Waals surface area contributed by atoms with E-state index in [2.05, 4.69) is 0 Å². The van der Waals surface area contributed by atoms with E-state index >= 15 is 0 Å². The van der Waals surface area contributed by atoms with E-state index in [9.17, 15) is 14.7 Å². The third-order valence-electron chi connectivity index (χ3n) is 4.91. The lowest BCUT2D eigenvalue weighted by atomic mass is 9.95. The largest absolute Gasteiger partial charge is 0.507 e. The molecular weight excluding hydrogens is 411 g/mol. The Labute approximate surface area is 180 Å². The van der Waals surface area contributed by atoms with Crippen LogP contribution in [0.1, 0.15) is 22.7 Å². The minimum atomic E-state index is -0.744. The third kappa shape index (κ3) is 4.32. The fourth-order valence-electron chi connectivity index (χ4n) is 3.31. The highest BCUT2D eigenvalue weighted by Crippen LogP contribution is 2.40. The summed E-state index contributed by atoms with van der Waals surface area (Å²) in [4.78, 5) is 29.1. The van der Waals surface area contributed by atoms with Crippen molar-refractivity contribution in [2.24, 2.45) is 0 Å². The number of carbonyl (C=O) groups excluding carboxylic acids is 2. The van der Waals surface area contributed by atoms with Crippen LogP contribution in [0.5, 0.6) is 0 Å². The van der Waals surface area contributed by atoms with Gasteiger partial charge in [-0.2, -0.15) is 0 Å². The quantitative estimate of drug-likeness (QED) is 0.434. The number of ketones is 1. The first kappa shape index (κ1) is 21.4. The Morgan fingerprint density at radius 2 is 1.72 bits per heavy atom. The molecule has 29 heavy (non-hydrogen) atoms. The molecule has 1 fully saturated rings. The fraction of sp³-hybridized carbons (Fsp3) is 0.273. The van der Waals surface area contributed by atoms with Gasteiger partial charge in [0.25, 0.3) is 11.7 Å². The molecule has 5 nitrogen and oxygen atoms in total. The smallest absolute Gasteiger partial charge is 0.295 e. The molecule has 1 N–H and O–H groups in total. The van der Waals surface area contributed by atoms with Gasteiger partial charge in [-0.25, -0.2) is 0 Å². The zero-order valence-corrected chi connectivity index (χ0v) is 18.0. The number of aliphatic hydroxyl groups is 1. The zero-order valence-electron chi connectivity index (χ0n) is 16.4. The van der Waals surface area contributed by atoms with Crippen molar-refractivity contribution >= 4 is 40.7 Å². The van der Waals surface area contributed by atoms with Crippen molar-refractivity contribution in [2.45, 2.75) is 13.0 Å². The molecule has 1 unspecified atom stereocenters. The van der Waals surface area contributed by atoms with Crippen LogP contribution >= 0.6 is 23.2 Å². The molecule has 1 heterocycles. The maximum atomic E-state index is 12.9. The molecule has 3 rings (SSSR count). The summed E-state index contributed by atoms with van der Waals surface area (Å²) in [6.45, 7) is 2.82. The van der Waals surface area contributed by atoms with Crippen molar-refractivity contribution in [3.63, 3.8) is 0 Å². The first-order valence-corrected chi connectivity index (χ1v) is 9.91. The number of likely N-dealkylation sites (tertiary alicyclic amines) is 1. The van der Waals surface area contributed by atoms with Crippen LogP contribution in [0.3, 0.4) is 0 Å². The fourth-order valence-corrected chi connectivity index (χ4v) is 3.62. The SMILES string of the molecule is Cc1ccc(C(O)=C2C(=O)C(=O)N(CCN(C)C)C2c2ccc(Cl)c(Cl)c2)cc1. The molecule has 0 saturated carbocycles. The highest BCUT2D eigenvalue weighted by Gasteiger charge is 2.46. The molecule has 7 heteroatoms. The number of aryl methyl sites for hydroxylation is 1. The summed E-state index contributed by atoms with van der Waals surface area (Å²) in [5.74, 6) is -1.55. The normalized spacial score (nSPS) is 18.7. The van der Waals surface area contributed by atoms with Crippen molar-refractivity contribution in [1.82, 2.24) is 9.80 Å². The van der Waals surface area contributed by atoms with Crippen molar-refractivity contribution in [3.8, 4) is 0 Å². The van der Waals surface area contributed by atoms with Crippen molar-refractivity contribution in [3.05, 3.63) is 74.8 Å². The van der Waals surface area contributed by atoms with Crippen LogP contribution in [-0.4, -0.2) is 53.8 Å². The Balaban J connectivity index is 2.16. The zero-order chi connectivity index (χ0) is 21.3. The van der Waals surface area contributed by atoms with E-state index in [1.807, 2.05) is 38.1 Å². The van der Waals surface area contributed by atoms with E-state index in [-0.39, 0.29) is 11.3 Å². The second-order valence-electron chi connectivity index (χ2n) is 7.34. The molecule has 0 radical (unpaired) electrons. The average Bonchev–Trinajstić information content (AvgIpc) is 2.93. The molecule has 0 spiro atoms. The van der Waals surface area contributed by atoms with Crippen LogP contribution in [-0.2, 0) is 9.59 Å². The van der Waals surface area contributed by atoms with Gasteiger partial charge >= 0.3 is 0 Å². The van der Waals surface area contributed by atoms with Crippen LogP contribution in [0.2, 0.25) is 10.0 Å². The minimum absolute atomic E-state index is 0.0519. The topological polar surface area (TPSA) is 60.9 Å². The molecule has 1 saturated heterocycles. The molecule has 0 aliphatic carbocycles. The van der Waals surface area contributed by atoms with Gasteiger partial charge in [0.15, 0.2) is 0 Å². The molecule has 2 aromatic rings. The van der Waals surface area contributed by atoms with Gasteiger partial charge in [-0.15, -0.1) is 0 Å². The van der Waals surface area contributed by atoms with Crippen molar-refractivity contribution in [1.29, 1.82) is 0 Å². The number of amides is 1. The van der Waals surface area contributed by atoms with Crippen molar-refractivity contribution in [2.75, 3.05) is 27.2 Å². The highest BCUT2D eigenvalue weighted by atomic mass is 35.5. The predicted octanol–water partition coefficient (Wildman–Crippen LogP) is 4.29. The predicted molar refractivity (Wildman–Crippen MR) is 115 cm³/mol. The molecule has 152 valence electrons. The number of Topliss-reactive ketones (excluding diaryl/α,β-unsaturated/α-hetero) is 1. The molecule has 1 aliphatic rings. The summed E-state index contributed by atoms with van der Waals surface area (Å²) in [6.07, 6.45) is 0. The van der Waals surface area contributed by atoms with E-state index in [4.69, 9.17) is 23.2 Å². The number of hydrogen-bond acceptors (Lipinski definition) is 4. The van der Waals surface area contributed by atoms with Crippen molar-refractivity contribution < 1.29 is 14.7 Å². The monoisotopic (exact) mass is 432 g/mol. The van der Waals surface area contributed by atoms with Gasteiger partial charge < -0.3 is 14.9 Å². The molecule has 1 amide bonds. The van der Waals surface area contributed by atoms with Crippen LogP contribution in [0.4, 0.5) is 0 Å². The third-order valence-corrected chi connectivity index (χ3v) is 5.65. The highest BCUT2D eigenvalue weighted by molar-refractivity contribution is 6.46. The Hall–Kier alpha value is -2.34. The first-order valence-electron chi connectivity index (χ1n) is 9.16. The van der Waals surface area contributed by atoms with Gasteiger partial charge in [-0.1, -0.05) is 59.1 Å². The Kier molecular flexibility index (Phi) is 6.32. The average molecular weight is 433 g/mol. The van der Waals surface area contributed by atoms with Gasteiger partial charge in [-0.05, 0) is 38.7 Å². The number of rotatable bonds is 5. The number of hydrogen-bond donors (Lipinski definition) is 1. The van der Waals surface area contributed by atoms with E-state index in [0.717, 1.165) is 5.56 Å². The van der Waals surface area contributed by atoms with Crippen LogP contribution in [0.25, 0.3) is 5.76 Å². The van der Waals surface area contributed by atoms with E-state index in [0.29, 0.717) is 34.3 Å². The molecule has 2 aromatic carbocycles. The van der Waals surface area contributed by atoms with E-state index < -0.39 is 17.7 Å². The number of halogens is 2. The Morgan fingerprint density at radius 1 is 1.07 bits per heavy atom. The maximum absolute atomic E-state index is 12.9. The first-order chi connectivity index (χ1) is 13.7. The van der Waals surface area contributed by atoms with Gasteiger partial charge in [0, 0.05) is 18.7 Å². The molecule has 0 aromatic heterocycles. The summed E-state index contributed by atoms with van der Waals surface area (Å²) in [6, 6.07) is 11.4. The number of aliphatic hydroxyl groups excluding tert-OH is 1. The number of nitrogens with zero attached hydrogens (tertiary/aromatic N) is 2. The Bertz CT molecular complexity index is 984. The van der Waals surface area contributed by atoms with Gasteiger partial charge in [-0.3, -0.25) is 9.59 Å². The summed E-state index contributed by atoms with van der Waals surface area (Å²) >= 11 is 12.2. The van der Waals surface area contributed by atoms with Gasteiger partial charge in [0.2, 0.25) is 0 Å². The minimum Gasteiger partial charge on any atom is -0.507 e. The summed E-state index contributed by atoms with van der Waals surface area (Å²) in [5.41, 5.74) is 2.17. The number of carbonyl (C=O) groups is 2. The van der Waals surface area contributed by atoms with Gasteiger partial charge in [0.05, 0.1) is 21.7 Å². The molecular formula is C22H22Cl2N2O3. The molecule has 0 bridgehead atoms. The van der Waals surface area contributed by atoms with Crippen LogP contribution < -0.4 is 0 Å². The maximum Gasteiger partial charge on any atom is 0.295 e. The van der Waals surface area contributed by atoms with E-state index in [1.54, 1.807) is 30.3 Å². The lowest BCUT2D eigenvalue weighted by Gasteiger charge is -2.26. The summed E-state index contributed by atoms with van der Waals surface area (Å²) in [5, 5.41) is 11.7. The molecule has 1 atom stereocenters. The number of likely N-dealkylation sites (N-methyl/N-ethyl adjacent to an activating group) is 1. The second-order valence-corrected chi connectivity index (χ2v) is 8.15. The van der Waals surface area contributed by atoms with Crippen LogP contribution in [0.15, 0.2) is 48.0 Å². The van der Waals surface area contributed by atoms with Gasteiger partial charge in [0.1, 0.15) is 5.76 Å². The number of benzene rings is 2. The Morgan fingerprint density at radius 3 is 2.31 bits per heavy atom. The standard InChI is InChI=1S/C22H22Cl2N2O3/c1-13-4-6-14(7-5-13)20(27)18-19(15-8-9-16(23)17(24)12-15)26(11-10-25(2)3)22(29)21(18)28/h4-9,12,19,27H,10-11H2,1-3H3.